The Morgan fingerprint density at radius 1 is 1.21 bits per heavy atom. The monoisotopic (exact) mass is 408 g/mol. The third-order valence-electron chi connectivity index (χ3n) is 5.04. The van der Waals surface area contributed by atoms with Crippen LogP contribution in [0.4, 0.5) is 5.69 Å². The average molecular weight is 408 g/mol. The van der Waals surface area contributed by atoms with Crippen LogP contribution in [-0.4, -0.2) is 56.6 Å². The lowest BCUT2D eigenvalue weighted by molar-refractivity contribution is -0.149. The van der Waals surface area contributed by atoms with Crippen molar-refractivity contribution < 1.29 is 27.5 Å². The van der Waals surface area contributed by atoms with E-state index in [-0.39, 0.29) is 29.2 Å². The number of hydrogen-bond donors (Lipinski definition) is 0. The van der Waals surface area contributed by atoms with Crippen LogP contribution in [0.15, 0.2) is 24.3 Å². The molecule has 2 saturated heterocycles. The Morgan fingerprint density at radius 2 is 1.89 bits per heavy atom. The van der Waals surface area contributed by atoms with Gasteiger partial charge < -0.3 is 9.64 Å². The number of hydrogen-bond acceptors (Lipinski definition) is 6. The van der Waals surface area contributed by atoms with Gasteiger partial charge >= 0.3 is 5.97 Å². The second-order valence-electron chi connectivity index (χ2n) is 7.17. The summed E-state index contributed by atoms with van der Waals surface area (Å²) in [6.07, 6.45) is 1.40. The van der Waals surface area contributed by atoms with Gasteiger partial charge in [-0.05, 0) is 44.0 Å². The maximum atomic E-state index is 12.8. The van der Waals surface area contributed by atoms with E-state index in [1.807, 2.05) is 0 Å². The van der Waals surface area contributed by atoms with Crippen LogP contribution in [0.3, 0.4) is 0 Å². The van der Waals surface area contributed by atoms with Gasteiger partial charge in [-0.3, -0.25) is 14.4 Å². The third kappa shape index (κ3) is 3.89. The van der Waals surface area contributed by atoms with Gasteiger partial charge in [0.15, 0.2) is 0 Å². The average Bonchev–Trinajstić information content (AvgIpc) is 2.88. The molecule has 2 aliphatic heterocycles. The van der Waals surface area contributed by atoms with Crippen molar-refractivity contribution in [2.75, 3.05) is 29.8 Å². The Labute approximate surface area is 164 Å². The third-order valence-corrected chi connectivity index (χ3v) is 6.91. The molecule has 0 aliphatic carbocycles. The molecular weight excluding hydrogens is 384 g/mol. The predicted molar refractivity (Wildman–Crippen MR) is 102 cm³/mol. The van der Waals surface area contributed by atoms with Crippen LogP contribution in [0.5, 0.6) is 0 Å². The summed E-state index contributed by atoms with van der Waals surface area (Å²) in [5.41, 5.74) is 0.610. The van der Waals surface area contributed by atoms with Gasteiger partial charge in [0.1, 0.15) is 0 Å². The van der Waals surface area contributed by atoms with E-state index in [2.05, 4.69) is 0 Å². The van der Waals surface area contributed by atoms with E-state index < -0.39 is 21.8 Å². The van der Waals surface area contributed by atoms with Crippen LogP contribution in [0.1, 0.15) is 37.0 Å². The van der Waals surface area contributed by atoms with Crippen molar-refractivity contribution in [1.82, 2.24) is 4.90 Å². The molecular formula is C19H24N2O6S. The quantitative estimate of drug-likeness (QED) is 0.699. The summed E-state index contributed by atoms with van der Waals surface area (Å²) in [5.74, 6) is -2.11. The molecule has 9 heteroatoms. The molecule has 3 rings (SSSR count). The number of carbonyl (C=O) groups excluding carboxylic acids is 3. The van der Waals surface area contributed by atoms with Crippen molar-refractivity contribution in [2.45, 2.75) is 26.7 Å². The Bertz CT molecular complexity index is 880. The fourth-order valence-electron chi connectivity index (χ4n) is 3.62. The lowest BCUT2D eigenvalue weighted by Gasteiger charge is -2.31. The lowest BCUT2D eigenvalue weighted by Crippen LogP contribution is -2.42. The van der Waals surface area contributed by atoms with Crippen LogP contribution in [0, 0.1) is 11.8 Å². The summed E-state index contributed by atoms with van der Waals surface area (Å²) in [4.78, 5) is 38.5. The lowest BCUT2D eigenvalue weighted by atomic mass is 9.97. The van der Waals surface area contributed by atoms with Crippen molar-refractivity contribution in [3.05, 3.63) is 29.8 Å². The Balaban J connectivity index is 1.74. The highest BCUT2D eigenvalue weighted by molar-refractivity contribution is 7.94. The minimum atomic E-state index is -3.68. The Morgan fingerprint density at radius 3 is 2.46 bits per heavy atom. The fourth-order valence-corrected chi connectivity index (χ4v) is 5.44. The number of nitrogens with zero attached hydrogens (tertiary/aromatic N) is 2. The molecule has 0 radical (unpaired) electrons. The summed E-state index contributed by atoms with van der Waals surface area (Å²) in [6.45, 7) is 4.48. The van der Waals surface area contributed by atoms with E-state index in [9.17, 15) is 22.8 Å². The van der Waals surface area contributed by atoms with Crippen molar-refractivity contribution in [3.63, 3.8) is 0 Å². The number of rotatable bonds is 4. The molecule has 0 aromatic heterocycles. The van der Waals surface area contributed by atoms with Crippen LogP contribution in [0.25, 0.3) is 0 Å². The van der Waals surface area contributed by atoms with Crippen LogP contribution in [-0.2, 0) is 24.3 Å². The van der Waals surface area contributed by atoms with Gasteiger partial charge in [0.05, 0.1) is 29.9 Å². The van der Waals surface area contributed by atoms with Crippen molar-refractivity contribution in [1.29, 1.82) is 0 Å². The number of ether oxygens (including phenoxy) is 1. The molecule has 8 nitrogen and oxygen atoms in total. The molecule has 0 N–H and O–H groups in total. The van der Waals surface area contributed by atoms with Crippen molar-refractivity contribution in [2.24, 2.45) is 11.8 Å². The SMILES string of the molecule is CCOC(=O)C1CCCN(C(=O)c2ccc(N3C(=O)C(C)CS3(=O)=O)cc2)C1. The Hall–Kier alpha value is -2.42. The van der Waals surface area contributed by atoms with E-state index in [1.165, 1.54) is 24.3 Å². The second-order valence-corrected chi connectivity index (χ2v) is 9.03. The molecule has 2 amide bonds. The molecule has 0 bridgehead atoms. The normalized spacial score (nSPS) is 24.3. The smallest absolute Gasteiger partial charge is 0.310 e. The molecule has 1 aromatic carbocycles. The van der Waals surface area contributed by atoms with E-state index >= 15 is 0 Å². The molecule has 0 spiro atoms. The number of esters is 1. The standard InChI is InChI=1S/C19H24N2O6S/c1-3-27-19(24)15-5-4-10-20(11-15)18(23)14-6-8-16(9-7-14)21-17(22)13(2)12-28(21,25)26/h6-9,13,15H,3-5,10-12H2,1-2H3. The first-order valence-corrected chi connectivity index (χ1v) is 11.0. The first-order valence-electron chi connectivity index (χ1n) is 9.37. The van der Waals surface area contributed by atoms with Gasteiger partial charge in [0.25, 0.3) is 5.91 Å². The van der Waals surface area contributed by atoms with E-state index in [0.29, 0.717) is 38.1 Å². The van der Waals surface area contributed by atoms with Crippen LogP contribution in [0.2, 0.25) is 0 Å². The molecule has 1 aromatic rings. The summed E-state index contributed by atoms with van der Waals surface area (Å²) in [7, 11) is -3.68. The van der Waals surface area contributed by atoms with Crippen LogP contribution < -0.4 is 4.31 Å². The molecule has 2 heterocycles. The fraction of sp³-hybridized carbons (Fsp3) is 0.526. The maximum Gasteiger partial charge on any atom is 0.310 e. The molecule has 2 unspecified atom stereocenters. The zero-order valence-corrected chi connectivity index (χ0v) is 16.8. The number of anilines is 1. The van der Waals surface area contributed by atoms with Crippen LogP contribution >= 0.6 is 0 Å². The molecule has 2 atom stereocenters. The highest BCUT2D eigenvalue weighted by Crippen LogP contribution is 2.29. The van der Waals surface area contributed by atoms with Gasteiger partial charge in [0.2, 0.25) is 15.9 Å². The summed E-state index contributed by atoms with van der Waals surface area (Å²) in [5, 5.41) is 0. The minimum absolute atomic E-state index is 0.213. The minimum Gasteiger partial charge on any atom is -0.466 e. The second kappa shape index (κ2) is 7.90. The van der Waals surface area contributed by atoms with E-state index in [4.69, 9.17) is 4.74 Å². The number of sulfonamides is 1. The number of likely N-dealkylation sites (tertiary alicyclic amines) is 1. The van der Waals surface area contributed by atoms with E-state index in [1.54, 1.807) is 18.7 Å². The summed E-state index contributed by atoms with van der Waals surface area (Å²) >= 11 is 0. The molecule has 2 fully saturated rings. The van der Waals surface area contributed by atoms with Gasteiger partial charge in [0, 0.05) is 18.7 Å². The number of carbonyl (C=O) groups is 3. The maximum absolute atomic E-state index is 12.8. The first-order chi connectivity index (χ1) is 13.2. The van der Waals surface area contributed by atoms with Gasteiger partial charge in [-0.25, -0.2) is 12.7 Å². The molecule has 2 aliphatic rings. The Kier molecular flexibility index (Phi) is 5.74. The molecule has 0 saturated carbocycles. The largest absolute Gasteiger partial charge is 0.466 e. The van der Waals surface area contributed by atoms with Gasteiger partial charge in [-0.1, -0.05) is 6.92 Å². The first kappa shape index (κ1) is 20.3. The van der Waals surface area contributed by atoms with Crippen molar-refractivity contribution >= 4 is 33.5 Å². The number of piperidine rings is 1. The zero-order valence-electron chi connectivity index (χ0n) is 16.0. The van der Waals surface area contributed by atoms with Crippen molar-refractivity contribution in [3.8, 4) is 0 Å². The molecule has 28 heavy (non-hydrogen) atoms. The zero-order chi connectivity index (χ0) is 20.5. The van der Waals surface area contributed by atoms with Gasteiger partial charge in [-0.2, -0.15) is 0 Å². The number of amides is 2. The van der Waals surface area contributed by atoms with E-state index in [0.717, 1.165) is 4.31 Å². The molecule has 152 valence electrons. The summed E-state index contributed by atoms with van der Waals surface area (Å²) in [6, 6.07) is 5.95. The number of benzene rings is 1. The highest BCUT2D eigenvalue weighted by atomic mass is 32.2. The predicted octanol–water partition coefficient (Wildman–Crippen LogP) is 1.41. The topological polar surface area (TPSA) is 101 Å². The van der Waals surface area contributed by atoms with Gasteiger partial charge in [-0.15, -0.1) is 0 Å². The summed E-state index contributed by atoms with van der Waals surface area (Å²) < 4.78 is 30.2. The highest BCUT2D eigenvalue weighted by Gasteiger charge is 2.42.